The molecule has 0 radical (unpaired) electrons. The number of aromatic nitrogens is 4. The number of nitrogens with zero attached hydrogens (tertiary/aromatic N) is 4. The molecule has 0 saturated carbocycles. The number of hydrogen-bond acceptors (Lipinski definition) is 6. The molecule has 0 spiro atoms. The zero-order chi connectivity index (χ0) is 13.1. The Kier molecular flexibility index (Phi) is 3.09. The van der Waals surface area contributed by atoms with Gasteiger partial charge in [0.15, 0.2) is 11.5 Å². The van der Waals surface area contributed by atoms with E-state index in [1.165, 1.54) is 25.2 Å². The third kappa shape index (κ3) is 1.95. The second-order valence-corrected chi connectivity index (χ2v) is 3.34. The highest BCUT2D eigenvalue weighted by atomic mass is 16.5. The standard InChI is InChI=1S/C10H12N6O2/c1-12-10(17)6-3-4-16(15-6)9-7(18-2)8(11)13-5-14-9/h3-5H,1-2H3,(H,12,17)(H2,11,13,14). The van der Waals surface area contributed by atoms with Crippen LogP contribution in [0.2, 0.25) is 0 Å². The Hall–Kier alpha value is -2.64. The summed E-state index contributed by atoms with van der Waals surface area (Å²) in [5, 5.41) is 6.56. The van der Waals surface area contributed by atoms with E-state index in [0.717, 1.165) is 0 Å². The van der Waals surface area contributed by atoms with Crippen LogP contribution in [-0.4, -0.2) is 39.8 Å². The van der Waals surface area contributed by atoms with Gasteiger partial charge in [0.25, 0.3) is 5.91 Å². The number of anilines is 1. The van der Waals surface area contributed by atoms with Crippen LogP contribution in [0.1, 0.15) is 10.5 Å². The summed E-state index contributed by atoms with van der Waals surface area (Å²) in [6, 6.07) is 1.57. The van der Waals surface area contributed by atoms with E-state index >= 15 is 0 Å². The number of nitrogen functional groups attached to an aromatic ring is 1. The van der Waals surface area contributed by atoms with Crippen LogP contribution in [0.15, 0.2) is 18.6 Å². The van der Waals surface area contributed by atoms with Crippen LogP contribution in [-0.2, 0) is 0 Å². The summed E-state index contributed by atoms with van der Waals surface area (Å²) in [6.45, 7) is 0. The number of carbonyl (C=O) groups is 1. The molecule has 0 bridgehead atoms. The fourth-order valence-electron chi connectivity index (χ4n) is 1.43. The Morgan fingerprint density at radius 2 is 2.28 bits per heavy atom. The molecule has 2 rings (SSSR count). The molecule has 2 heterocycles. The molecular weight excluding hydrogens is 236 g/mol. The van der Waals surface area contributed by atoms with Crippen LogP contribution in [0.5, 0.6) is 5.75 Å². The van der Waals surface area contributed by atoms with Crippen LogP contribution in [0, 0.1) is 0 Å². The molecule has 2 aromatic heterocycles. The second-order valence-electron chi connectivity index (χ2n) is 3.34. The predicted octanol–water partition coefficient (Wildman–Crippen LogP) is -0.387. The van der Waals surface area contributed by atoms with Gasteiger partial charge in [-0.25, -0.2) is 14.6 Å². The molecule has 3 N–H and O–H groups in total. The fourth-order valence-corrected chi connectivity index (χ4v) is 1.43. The number of amides is 1. The molecule has 8 nitrogen and oxygen atoms in total. The Bertz CT molecular complexity index is 579. The summed E-state index contributed by atoms with van der Waals surface area (Å²) < 4.78 is 6.52. The first-order chi connectivity index (χ1) is 8.67. The Morgan fingerprint density at radius 1 is 1.50 bits per heavy atom. The van der Waals surface area contributed by atoms with Crippen molar-refractivity contribution >= 4 is 11.7 Å². The molecule has 0 unspecified atom stereocenters. The molecule has 8 heteroatoms. The molecule has 1 amide bonds. The zero-order valence-electron chi connectivity index (χ0n) is 9.91. The van der Waals surface area contributed by atoms with Crippen LogP contribution < -0.4 is 15.8 Å². The Balaban J connectivity index is 2.46. The number of carbonyl (C=O) groups excluding carboxylic acids is 1. The number of ether oxygens (including phenoxy) is 1. The predicted molar refractivity (Wildman–Crippen MR) is 63.5 cm³/mol. The highest BCUT2D eigenvalue weighted by Crippen LogP contribution is 2.24. The van der Waals surface area contributed by atoms with Gasteiger partial charge in [0.2, 0.25) is 11.6 Å². The smallest absolute Gasteiger partial charge is 0.271 e. The molecule has 0 aromatic carbocycles. The summed E-state index contributed by atoms with van der Waals surface area (Å²) in [4.78, 5) is 19.3. The van der Waals surface area contributed by atoms with Crippen molar-refractivity contribution in [1.82, 2.24) is 25.1 Å². The van der Waals surface area contributed by atoms with Crippen LogP contribution in [0.4, 0.5) is 5.82 Å². The van der Waals surface area contributed by atoms with E-state index in [-0.39, 0.29) is 17.4 Å². The van der Waals surface area contributed by atoms with Gasteiger partial charge in [0, 0.05) is 13.2 Å². The van der Waals surface area contributed by atoms with E-state index in [9.17, 15) is 4.79 Å². The molecule has 0 atom stereocenters. The molecule has 94 valence electrons. The van der Waals surface area contributed by atoms with Gasteiger partial charge in [-0.2, -0.15) is 5.10 Å². The van der Waals surface area contributed by atoms with E-state index in [1.807, 2.05) is 0 Å². The van der Waals surface area contributed by atoms with Crippen molar-refractivity contribution in [3.05, 3.63) is 24.3 Å². The van der Waals surface area contributed by atoms with E-state index in [2.05, 4.69) is 20.4 Å². The van der Waals surface area contributed by atoms with Gasteiger partial charge in [-0.15, -0.1) is 0 Å². The SMILES string of the molecule is CNC(=O)c1ccn(-c2ncnc(N)c2OC)n1. The van der Waals surface area contributed by atoms with Gasteiger partial charge in [-0.05, 0) is 6.07 Å². The van der Waals surface area contributed by atoms with Crippen molar-refractivity contribution in [2.24, 2.45) is 0 Å². The van der Waals surface area contributed by atoms with Crippen molar-refractivity contribution in [2.45, 2.75) is 0 Å². The van der Waals surface area contributed by atoms with E-state index in [1.54, 1.807) is 12.3 Å². The van der Waals surface area contributed by atoms with Crippen molar-refractivity contribution in [2.75, 3.05) is 19.9 Å². The Labute approximate surface area is 103 Å². The minimum atomic E-state index is -0.283. The molecule has 0 aliphatic carbocycles. The van der Waals surface area contributed by atoms with E-state index in [0.29, 0.717) is 11.6 Å². The largest absolute Gasteiger partial charge is 0.490 e. The van der Waals surface area contributed by atoms with E-state index in [4.69, 9.17) is 10.5 Å². The van der Waals surface area contributed by atoms with Crippen molar-refractivity contribution < 1.29 is 9.53 Å². The van der Waals surface area contributed by atoms with Crippen molar-refractivity contribution in [3.63, 3.8) is 0 Å². The van der Waals surface area contributed by atoms with Gasteiger partial charge in [-0.1, -0.05) is 0 Å². The quantitative estimate of drug-likeness (QED) is 0.766. The maximum absolute atomic E-state index is 11.4. The second kappa shape index (κ2) is 4.70. The third-order valence-electron chi connectivity index (χ3n) is 2.28. The summed E-state index contributed by atoms with van der Waals surface area (Å²) in [6.07, 6.45) is 2.89. The van der Waals surface area contributed by atoms with Gasteiger partial charge in [0.05, 0.1) is 7.11 Å². The average molecular weight is 248 g/mol. The molecule has 18 heavy (non-hydrogen) atoms. The van der Waals surface area contributed by atoms with Crippen LogP contribution >= 0.6 is 0 Å². The summed E-state index contributed by atoms with van der Waals surface area (Å²) in [7, 11) is 2.99. The molecule has 0 fully saturated rings. The molecule has 0 aliphatic rings. The van der Waals surface area contributed by atoms with Gasteiger partial charge < -0.3 is 15.8 Å². The number of nitrogens with one attached hydrogen (secondary N) is 1. The lowest BCUT2D eigenvalue weighted by Crippen LogP contribution is -2.18. The number of hydrogen-bond donors (Lipinski definition) is 2. The minimum absolute atomic E-state index is 0.208. The maximum atomic E-state index is 11.4. The first-order valence-corrected chi connectivity index (χ1v) is 5.10. The lowest BCUT2D eigenvalue weighted by molar-refractivity contribution is 0.0957. The summed E-state index contributed by atoms with van der Waals surface area (Å²) >= 11 is 0. The lowest BCUT2D eigenvalue weighted by atomic mass is 10.4. The minimum Gasteiger partial charge on any atom is -0.490 e. The highest BCUT2D eigenvalue weighted by Gasteiger charge is 2.14. The first kappa shape index (κ1) is 11.8. The number of rotatable bonds is 3. The monoisotopic (exact) mass is 248 g/mol. The normalized spacial score (nSPS) is 10.1. The summed E-state index contributed by atoms with van der Waals surface area (Å²) in [5.41, 5.74) is 5.94. The van der Waals surface area contributed by atoms with Crippen LogP contribution in [0.25, 0.3) is 5.82 Å². The molecule has 0 saturated heterocycles. The number of methoxy groups -OCH3 is 1. The van der Waals surface area contributed by atoms with Gasteiger partial charge in [-0.3, -0.25) is 4.79 Å². The summed E-state index contributed by atoms with van der Waals surface area (Å²) in [5.74, 6) is 0.610. The van der Waals surface area contributed by atoms with Gasteiger partial charge in [0.1, 0.15) is 6.33 Å². The first-order valence-electron chi connectivity index (χ1n) is 5.10. The fraction of sp³-hybridized carbons (Fsp3) is 0.200. The lowest BCUT2D eigenvalue weighted by Gasteiger charge is -2.08. The average Bonchev–Trinajstić information content (AvgIpc) is 2.87. The van der Waals surface area contributed by atoms with E-state index < -0.39 is 0 Å². The van der Waals surface area contributed by atoms with Gasteiger partial charge >= 0.3 is 0 Å². The van der Waals surface area contributed by atoms with Crippen molar-refractivity contribution in [1.29, 1.82) is 0 Å². The molecule has 2 aromatic rings. The zero-order valence-corrected chi connectivity index (χ0v) is 9.91. The number of nitrogens with two attached hydrogens (primary N) is 1. The maximum Gasteiger partial charge on any atom is 0.271 e. The molecule has 0 aliphatic heterocycles. The van der Waals surface area contributed by atoms with Crippen molar-refractivity contribution in [3.8, 4) is 11.6 Å². The van der Waals surface area contributed by atoms with Crippen LogP contribution in [0.3, 0.4) is 0 Å². The third-order valence-corrected chi connectivity index (χ3v) is 2.28. The highest BCUT2D eigenvalue weighted by molar-refractivity contribution is 5.91. The topological polar surface area (TPSA) is 108 Å². The Morgan fingerprint density at radius 3 is 2.94 bits per heavy atom. The molecular formula is C10H12N6O2.